The number of halogens is 4. The van der Waals surface area contributed by atoms with Gasteiger partial charge in [-0.2, -0.15) is 0 Å². The van der Waals surface area contributed by atoms with E-state index in [0.717, 1.165) is 15.6 Å². The lowest BCUT2D eigenvalue weighted by Crippen LogP contribution is -2.40. The van der Waals surface area contributed by atoms with Crippen LogP contribution >= 0.6 is 50.7 Å². The second-order valence-electron chi connectivity index (χ2n) is 6.80. The maximum absolute atomic E-state index is 13.1. The lowest BCUT2D eigenvalue weighted by molar-refractivity contribution is -0.117. The fourth-order valence-corrected chi connectivity index (χ4v) is 3.57. The Morgan fingerprint density at radius 2 is 1.55 bits per heavy atom. The predicted molar refractivity (Wildman–Crippen MR) is 131 cm³/mol. The maximum atomic E-state index is 13.1. The first kappa shape index (κ1) is 23.6. The van der Waals surface area contributed by atoms with Crippen LogP contribution in [0.4, 0.5) is 11.4 Å². The van der Waals surface area contributed by atoms with Gasteiger partial charge in [0, 0.05) is 10.2 Å². The summed E-state index contributed by atoms with van der Waals surface area (Å²) in [6.07, 6.45) is 0. The van der Waals surface area contributed by atoms with E-state index >= 15 is 0 Å². The highest BCUT2D eigenvalue weighted by Gasteiger charge is 2.37. The highest BCUT2D eigenvalue weighted by atomic mass is 79.9. The summed E-state index contributed by atoms with van der Waals surface area (Å²) in [4.78, 5) is 27.4. The molecule has 0 radical (unpaired) electrons. The van der Waals surface area contributed by atoms with Crippen molar-refractivity contribution in [3.05, 3.63) is 94.0 Å². The molecule has 31 heavy (non-hydrogen) atoms. The molecule has 0 aliphatic rings. The van der Waals surface area contributed by atoms with Crippen molar-refractivity contribution in [2.45, 2.75) is 17.3 Å². The maximum Gasteiger partial charge on any atom is 0.279 e. The number of rotatable bonds is 5. The van der Waals surface area contributed by atoms with E-state index in [2.05, 4.69) is 21.2 Å². The Bertz CT molecular complexity index is 1100. The average molecular weight is 541 g/mol. The molecule has 0 heterocycles. The van der Waals surface area contributed by atoms with E-state index in [4.69, 9.17) is 34.8 Å². The summed E-state index contributed by atoms with van der Waals surface area (Å²) in [5.74, 6) is -1.13. The Hall–Kier alpha value is -2.05. The molecule has 0 spiro atoms. The van der Waals surface area contributed by atoms with Crippen molar-refractivity contribution in [3.8, 4) is 0 Å². The van der Waals surface area contributed by atoms with Crippen LogP contribution in [0.1, 0.15) is 21.5 Å². The molecule has 0 aliphatic carbocycles. The Morgan fingerprint density at radius 1 is 0.935 bits per heavy atom. The quantitative estimate of drug-likeness (QED) is 0.358. The van der Waals surface area contributed by atoms with E-state index in [0.29, 0.717) is 11.4 Å². The molecule has 4 nitrogen and oxygen atoms in total. The number of hydrogen-bond donors (Lipinski definition) is 1. The van der Waals surface area contributed by atoms with Crippen LogP contribution in [-0.2, 0) is 11.3 Å². The van der Waals surface area contributed by atoms with Crippen molar-refractivity contribution in [2.24, 2.45) is 0 Å². The number of aryl methyl sites for hydroxylation is 1. The van der Waals surface area contributed by atoms with Crippen LogP contribution in [0.25, 0.3) is 0 Å². The topological polar surface area (TPSA) is 49.4 Å². The standard InChI is InChI=1S/C23H18BrCl3N2O2/c1-15-6-2-4-8-19(15)28-21(30)18-7-3-5-9-20(18)29(22(31)23(25,26)27)14-16-10-12-17(24)13-11-16/h2-13H,14H2,1H3,(H,28,30). The Morgan fingerprint density at radius 3 is 2.19 bits per heavy atom. The average Bonchev–Trinajstić information content (AvgIpc) is 2.74. The number of para-hydroxylation sites is 2. The van der Waals surface area contributed by atoms with Gasteiger partial charge in [-0.25, -0.2) is 0 Å². The number of benzene rings is 3. The molecule has 0 aliphatic heterocycles. The third kappa shape index (κ3) is 6.01. The monoisotopic (exact) mass is 538 g/mol. The van der Waals surface area contributed by atoms with E-state index in [9.17, 15) is 9.59 Å². The SMILES string of the molecule is Cc1ccccc1NC(=O)c1ccccc1N(Cc1ccc(Br)cc1)C(=O)C(Cl)(Cl)Cl. The summed E-state index contributed by atoms with van der Waals surface area (Å²) in [6, 6.07) is 21.5. The minimum atomic E-state index is -2.19. The van der Waals surface area contributed by atoms with E-state index in [1.165, 1.54) is 4.90 Å². The molecular weight excluding hydrogens is 523 g/mol. The number of amides is 2. The molecule has 2 amide bonds. The van der Waals surface area contributed by atoms with E-state index in [-0.39, 0.29) is 18.0 Å². The van der Waals surface area contributed by atoms with Crippen LogP contribution in [0, 0.1) is 6.92 Å². The predicted octanol–water partition coefficient (Wildman–Crippen LogP) is 6.91. The second kappa shape index (κ2) is 10.0. The molecule has 0 bridgehead atoms. The van der Waals surface area contributed by atoms with Crippen LogP contribution in [0.15, 0.2) is 77.3 Å². The first-order valence-electron chi connectivity index (χ1n) is 9.26. The molecule has 0 unspecified atom stereocenters. The van der Waals surface area contributed by atoms with Crippen molar-refractivity contribution >= 4 is 73.9 Å². The van der Waals surface area contributed by atoms with Gasteiger partial charge in [0.05, 0.1) is 17.8 Å². The van der Waals surface area contributed by atoms with Crippen molar-refractivity contribution in [1.29, 1.82) is 0 Å². The van der Waals surface area contributed by atoms with Gasteiger partial charge in [-0.3, -0.25) is 9.59 Å². The molecule has 0 aromatic heterocycles. The van der Waals surface area contributed by atoms with Crippen molar-refractivity contribution in [3.63, 3.8) is 0 Å². The minimum Gasteiger partial charge on any atom is -0.322 e. The zero-order chi connectivity index (χ0) is 22.6. The second-order valence-corrected chi connectivity index (χ2v) is 10.00. The molecule has 1 N–H and O–H groups in total. The van der Waals surface area contributed by atoms with E-state index < -0.39 is 9.70 Å². The smallest absolute Gasteiger partial charge is 0.279 e. The molecule has 3 aromatic rings. The Labute approximate surface area is 204 Å². The Kier molecular flexibility index (Phi) is 7.65. The van der Waals surface area contributed by atoms with Crippen LogP contribution in [0.2, 0.25) is 0 Å². The lowest BCUT2D eigenvalue weighted by Gasteiger charge is -2.28. The number of carbonyl (C=O) groups is 2. The number of carbonyl (C=O) groups excluding carboxylic acids is 2. The number of nitrogens with zero attached hydrogens (tertiary/aromatic N) is 1. The highest BCUT2D eigenvalue weighted by molar-refractivity contribution is 9.10. The number of alkyl halides is 3. The summed E-state index contributed by atoms with van der Waals surface area (Å²) < 4.78 is -1.29. The van der Waals surface area contributed by atoms with Crippen LogP contribution in [0.5, 0.6) is 0 Å². The molecular formula is C23H18BrCl3N2O2. The van der Waals surface area contributed by atoms with Gasteiger partial charge in [-0.05, 0) is 48.4 Å². The molecule has 0 saturated heterocycles. The zero-order valence-corrected chi connectivity index (χ0v) is 20.3. The summed E-state index contributed by atoms with van der Waals surface area (Å²) in [5, 5.41) is 2.89. The van der Waals surface area contributed by atoms with Crippen molar-refractivity contribution in [2.75, 3.05) is 10.2 Å². The molecule has 3 rings (SSSR count). The molecule has 0 fully saturated rings. The van der Waals surface area contributed by atoms with Crippen molar-refractivity contribution < 1.29 is 9.59 Å². The van der Waals surface area contributed by atoms with Crippen LogP contribution < -0.4 is 10.2 Å². The van der Waals surface area contributed by atoms with Gasteiger partial charge in [0.2, 0.25) is 0 Å². The fraction of sp³-hybridized carbons (Fsp3) is 0.130. The first-order valence-corrected chi connectivity index (χ1v) is 11.2. The normalized spacial score (nSPS) is 11.1. The van der Waals surface area contributed by atoms with Gasteiger partial charge in [0.25, 0.3) is 15.6 Å². The molecule has 0 saturated carbocycles. The highest BCUT2D eigenvalue weighted by Crippen LogP contribution is 2.33. The minimum absolute atomic E-state index is 0.120. The fourth-order valence-electron chi connectivity index (χ4n) is 3.00. The summed E-state index contributed by atoms with van der Waals surface area (Å²) in [6.45, 7) is 2.02. The molecule has 0 atom stereocenters. The van der Waals surface area contributed by atoms with Gasteiger partial charge in [0.1, 0.15) is 0 Å². The number of hydrogen-bond acceptors (Lipinski definition) is 2. The lowest BCUT2D eigenvalue weighted by atomic mass is 10.1. The van der Waals surface area contributed by atoms with Crippen LogP contribution in [-0.4, -0.2) is 15.6 Å². The van der Waals surface area contributed by atoms with Gasteiger partial charge in [0.15, 0.2) is 0 Å². The Balaban J connectivity index is 2.01. The first-order chi connectivity index (χ1) is 14.7. The van der Waals surface area contributed by atoms with Gasteiger partial charge < -0.3 is 10.2 Å². The number of nitrogens with one attached hydrogen (secondary N) is 1. The van der Waals surface area contributed by atoms with Crippen molar-refractivity contribution in [1.82, 2.24) is 0 Å². The molecule has 160 valence electrons. The summed E-state index contributed by atoms with van der Waals surface area (Å²) >= 11 is 21.2. The number of anilines is 2. The zero-order valence-electron chi connectivity index (χ0n) is 16.4. The third-order valence-electron chi connectivity index (χ3n) is 4.57. The molecule has 8 heteroatoms. The van der Waals surface area contributed by atoms with Gasteiger partial charge >= 0.3 is 0 Å². The summed E-state index contributed by atoms with van der Waals surface area (Å²) in [7, 11) is 0. The van der Waals surface area contributed by atoms with Gasteiger partial charge in [-0.1, -0.05) is 93.2 Å². The van der Waals surface area contributed by atoms with E-state index in [1.807, 2.05) is 55.5 Å². The van der Waals surface area contributed by atoms with Gasteiger partial charge in [-0.15, -0.1) is 0 Å². The summed E-state index contributed by atoms with van der Waals surface area (Å²) in [5.41, 5.74) is 3.02. The largest absolute Gasteiger partial charge is 0.322 e. The van der Waals surface area contributed by atoms with Crippen LogP contribution in [0.3, 0.4) is 0 Å². The van der Waals surface area contributed by atoms with E-state index in [1.54, 1.807) is 24.3 Å². The third-order valence-corrected chi connectivity index (χ3v) is 5.59. The molecule has 3 aromatic carbocycles.